The van der Waals surface area contributed by atoms with Crippen molar-refractivity contribution >= 4 is 40.2 Å². The van der Waals surface area contributed by atoms with Crippen LogP contribution in [0.5, 0.6) is 0 Å². The molecule has 0 unspecified atom stereocenters. The quantitative estimate of drug-likeness (QED) is 0.645. The van der Waals surface area contributed by atoms with E-state index in [2.05, 4.69) is 44.1 Å². The average molecular weight is 323 g/mol. The predicted molar refractivity (Wildman–Crippen MR) is 70.9 cm³/mol. The maximum absolute atomic E-state index is 4.16. The minimum atomic E-state index is 0.949. The second-order valence-corrected chi connectivity index (χ2v) is 4.99. The number of anilines is 1. The molecule has 1 N–H and O–H groups in total. The van der Waals surface area contributed by atoms with Crippen LogP contribution in [0.4, 0.5) is 5.82 Å². The van der Waals surface area contributed by atoms with Crippen LogP contribution in [0.2, 0.25) is 0 Å². The zero-order chi connectivity index (χ0) is 10.2. The fourth-order valence-electron chi connectivity index (χ4n) is 1.02. The molecule has 0 amide bonds. The highest BCUT2D eigenvalue weighted by molar-refractivity contribution is 14.1. The molecule has 0 aliphatic carbocycles. The molecule has 5 heteroatoms. The number of hydrogen-bond acceptors (Lipinski definition) is 4. The van der Waals surface area contributed by atoms with Crippen LogP contribution in [0, 0.1) is 3.57 Å². The molecule has 0 aliphatic heterocycles. The Morgan fingerprint density at radius 2 is 2.36 bits per heavy atom. The highest BCUT2D eigenvalue weighted by Gasteiger charge is 1.98. The molecule has 0 spiro atoms. The largest absolute Gasteiger partial charge is 0.369 e. The van der Waals surface area contributed by atoms with Crippen molar-refractivity contribution in [3.05, 3.63) is 16.1 Å². The van der Waals surface area contributed by atoms with Crippen LogP contribution in [0.1, 0.15) is 12.8 Å². The number of unbranched alkanes of at least 4 members (excludes halogenated alkanes) is 1. The van der Waals surface area contributed by atoms with Crippen LogP contribution in [-0.2, 0) is 0 Å². The van der Waals surface area contributed by atoms with Gasteiger partial charge in [0.25, 0.3) is 0 Å². The first-order valence-electron chi connectivity index (χ1n) is 4.53. The highest BCUT2D eigenvalue weighted by atomic mass is 127. The van der Waals surface area contributed by atoms with E-state index in [1.54, 1.807) is 6.33 Å². The van der Waals surface area contributed by atoms with Crippen molar-refractivity contribution in [3.8, 4) is 0 Å². The Morgan fingerprint density at radius 3 is 3.07 bits per heavy atom. The summed E-state index contributed by atoms with van der Waals surface area (Å²) < 4.78 is 1.08. The van der Waals surface area contributed by atoms with Gasteiger partial charge in [-0.2, -0.15) is 11.8 Å². The van der Waals surface area contributed by atoms with Gasteiger partial charge in [-0.1, -0.05) is 0 Å². The van der Waals surface area contributed by atoms with Crippen LogP contribution in [0.15, 0.2) is 12.5 Å². The second-order valence-electron chi connectivity index (χ2n) is 2.85. The smallest absolute Gasteiger partial charge is 0.142 e. The summed E-state index contributed by atoms with van der Waals surface area (Å²) in [4.78, 5) is 8.10. The molecule has 0 saturated carbocycles. The summed E-state index contributed by atoms with van der Waals surface area (Å²) in [6, 6.07) is 0. The lowest BCUT2D eigenvalue weighted by Crippen LogP contribution is -2.05. The van der Waals surface area contributed by atoms with Gasteiger partial charge in [0, 0.05) is 12.7 Å². The van der Waals surface area contributed by atoms with Crippen molar-refractivity contribution < 1.29 is 0 Å². The Bertz CT molecular complexity index is 270. The van der Waals surface area contributed by atoms with Gasteiger partial charge in [0.2, 0.25) is 0 Å². The summed E-state index contributed by atoms with van der Waals surface area (Å²) in [7, 11) is 0. The number of nitrogens with zero attached hydrogens (tertiary/aromatic N) is 2. The summed E-state index contributed by atoms with van der Waals surface area (Å²) in [5.41, 5.74) is 0. The molecule has 0 saturated heterocycles. The van der Waals surface area contributed by atoms with E-state index in [1.165, 1.54) is 18.6 Å². The Morgan fingerprint density at radius 1 is 1.50 bits per heavy atom. The molecular formula is C9H14IN3S. The van der Waals surface area contributed by atoms with Crippen molar-refractivity contribution in [2.45, 2.75) is 12.8 Å². The third-order valence-electron chi connectivity index (χ3n) is 1.74. The number of hydrogen-bond donors (Lipinski definition) is 1. The van der Waals surface area contributed by atoms with Crippen LogP contribution in [-0.4, -0.2) is 28.5 Å². The maximum Gasteiger partial charge on any atom is 0.142 e. The standard InChI is InChI=1S/C9H14IN3S/c1-14-5-3-2-4-12-9-8(10)6-11-7-13-9/h6-7H,2-5H2,1H3,(H,11,12,13). The minimum absolute atomic E-state index is 0.949. The highest BCUT2D eigenvalue weighted by Crippen LogP contribution is 2.12. The SMILES string of the molecule is CSCCCCNc1ncncc1I. The maximum atomic E-state index is 4.16. The Labute approximate surface area is 103 Å². The lowest BCUT2D eigenvalue weighted by molar-refractivity contribution is 0.838. The molecule has 0 aliphatic rings. The Hall–Kier alpha value is -0.0400. The van der Waals surface area contributed by atoms with E-state index in [4.69, 9.17) is 0 Å². The average Bonchev–Trinajstić information content (AvgIpc) is 2.20. The molecule has 3 nitrogen and oxygen atoms in total. The molecule has 1 rings (SSSR count). The normalized spacial score (nSPS) is 10.1. The van der Waals surface area contributed by atoms with Crippen LogP contribution in [0.3, 0.4) is 0 Å². The van der Waals surface area contributed by atoms with Crippen molar-refractivity contribution in [2.75, 3.05) is 23.9 Å². The summed E-state index contributed by atoms with van der Waals surface area (Å²) >= 11 is 4.13. The van der Waals surface area contributed by atoms with E-state index < -0.39 is 0 Å². The number of nitrogens with one attached hydrogen (secondary N) is 1. The molecule has 0 radical (unpaired) electrons. The topological polar surface area (TPSA) is 37.8 Å². The van der Waals surface area contributed by atoms with Gasteiger partial charge in [0.05, 0.1) is 3.57 Å². The number of aromatic nitrogens is 2. The molecule has 0 atom stereocenters. The molecular weight excluding hydrogens is 309 g/mol. The van der Waals surface area contributed by atoms with Gasteiger partial charge in [0.15, 0.2) is 0 Å². The Kier molecular flexibility index (Phi) is 6.25. The number of halogens is 1. The van der Waals surface area contributed by atoms with Crippen molar-refractivity contribution in [1.82, 2.24) is 9.97 Å². The van der Waals surface area contributed by atoms with Crippen molar-refractivity contribution in [2.24, 2.45) is 0 Å². The monoisotopic (exact) mass is 323 g/mol. The van der Waals surface area contributed by atoms with Gasteiger partial charge < -0.3 is 5.32 Å². The van der Waals surface area contributed by atoms with Gasteiger partial charge in [-0.3, -0.25) is 0 Å². The zero-order valence-corrected chi connectivity index (χ0v) is 11.1. The van der Waals surface area contributed by atoms with Crippen LogP contribution >= 0.6 is 34.4 Å². The van der Waals surface area contributed by atoms with E-state index in [-0.39, 0.29) is 0 Å². The fraction of sp³-hybridized carbons (Fsp3) is 0.556. The number of rotatable bonds is 6. The summed E-state index contributed by atoms with van der Waals surface area (Å²) in [5.74, 6) is 2.19. The molecule has 0 aromatic carbocycles. The lowest BCUT2D eigenvalue weighted by atomic mass is 10.3. The predicted octanol–water partition coefficient (Wildman–Crippen LogP) is 2.64. The summed E-state index contributed by atoms with van der Waals surface area (Å²) in [5, 5.41) is 3.30. The van der Waals surface area contributed by atoms with E-state index >= 15 is 0 Å². The summed E-state index contributed by atoms with van der Waals surface area (Å²) in [6.07, 6.45) is 7.99. The third-order valence-corrected chi connectivity index (χ3v) is 3.22. The van der Waals surface area contributed by atoms with Crippen molar-refractivity contribution in [1.29, 1.82) is 0 Å². The summed E-state index contributed by atoms with van der Waals surface area (Å²) in [6.45, 7) is 0.994. The molecule has 0 bridgehead atoms. The van der Waals surface area contributed by atoms with E-state index in [9.17, 15) is 0 Å². The van der Waals surface area contributed by atoms with Crippen molar-refractivity contribution in [3.63, 3.8) is 0 Å². The molecule has 78 valence electrons. The zero-order valence-electron chi connectivity index (χ0n) is 8.16. The first-order valence-corrected chi connectivity index (χ1v) is 7.00. The fourth-order valence-corrected chi connectivity index (χ4v) is 2.00. The van der Waals surface area contributed by atoms with Crippen LogP contribution in [0.25, 0.3) is 0 Å². The third kappa shape index (κ3) is 4.45. The first-order chi connectivity index (χ1) is 6.84. The van der Waals surface area contributed by atoms with E-state index in [0.29, 0.717) is 0 Å². The number of thioether (sulfide) groups is 1. The molecule has 14 heavy (non-hydrogen) atoms. The Balaban J connectivity index is 2.21. The van der Waals surface area contributed by atoms with Gasteiger partial charge in [-0.05, 0) is 47.4 Å². The minimum Gasteiger partial charge on any atom is -0.369 e. The van der Waals surface area contributed by atoms with E-state index in [0.717, 1.165) is 15.9 Å². The molecule has 1 heterocycles. The molecule has 0 fully saturated rings. The molecule has 1 aromatic heterocycles. The second kappa shape index (κ2) is 7.28. The van der Waals surface area contributed by atoms with Crippen LogP contribution < -0.4 is 5.32 Å². The van der Waals surface area contributed by atoms with E-state index in [1.807, 2.05) is 18.0 Å². The molecule has 1 aromatic rings. The van der Waals surface area contributed by atoms with Gasteiger partial charge >= 0.3 is 0 Å². The van der Waals surface area contributed by atoms with Gasteiger partial charge in [0.1, 0.15) is 12.1 Å². The van der Waals surface area contributed by atoms with Gasteiger partial charge in [-0.25, -0.2) is 9.97 Å². The first kappa shape index (κ1) is 12.0. The van der Waals surface area contributed by atoms with Gasteiger partial charge in [-0.15, -0.1) is 0 Å². The lowest BCUT2D eigenvalue weighted by Gasteiger charge is -2.05.